The first-order chi connectivity index (χ1) is 9.97. The second kappa shape index (κ2) is 6.39. The Bertz CT molecular complexity index is 586. The second-order valence-corrected chi connectivity index (χ2v) is 5.78. The highest BCUT2D eigenvalue weighted by molar-refractivity contribution is 5.81. The molecule has 2 N–H and O–H groups in total. The fraction of sp³-hybridized carbons (Fsp3) is 0.400. The molecule has 0 spiro atoms. The molecule has 0 bridgehead atoms. The number of carbonyl (C=O) groups is 1. The van der Waals surface area contributed by atoms with E-state index in [9.17, 15) is 4.79 Å². The van der Waals surface area contributed by atoms with Crippen LogP contribution in [-0.2, 0) is 4.79 Å². The number of hydrogen-bond donors (Lipinski definition) is 2. The summed E-state index contributed by atoms with van der Waals surface area (Å²) in [7, 11) is 0. The van der Waals surface area contributed by atoms with Crippen LogP contribution in [0.1, 0.15) is 20.8 Å². The molecule has 2 aromatic heterocycles. The first-order valence-electron chi connectivity index (χ1n) is 6.94. The second-order valence-electron chi connectivity index (χ2n) is 5.78. The van der Waals surface area contributed by atoms with E-state index < -0.39 is 0 Å². The Balaban J connectivity index is 1.84. The van der Waals surface area contributed by atoms with Crippen molar-refractivity contribution in [3.63, 3.8) is 0 Å². The van der Waals surface area contributed by atoms with E-state index >= 15 is 0 Å². The van der Waals surface area contributed by atoms with Gasteiger partial charge in [0.05, 0.1) is 0 Å². The van der Waals surface area contributed by atoms with Crippen LogP contribution in [0.25, 0.3) is 5.82 Å². The van der Waals surface area contributed by atoms with Gasteiger partial charge < -0.3 is 15.2 Å². The molecule has 0 aliphatic rings. The summed E-state index contributed by atoms with van der Waals surface area (Å²) in [5.74, 6) is 1.58. The SMILES string of the molecule is CC(C)(C)C(=O)NCCNc1cc(-n2cccc2)ncn1. The molecule has 0 aliphatic heterocycles. The van der Waals surface area contributed by atoms with E-state index in [1.165, 1.54) is 6.33 Å². The van der Waals surface area contributed by atoms with Crippen molar-refractivity contribution in [2.24, 2.45) is 5.41 Å². The molecule has 6 heteroatoms. The van der Waals surface area contributed by atoms with Gasteiger partial charge in [-0.1, -0.05) is 20.8 Å². The van der Waals surface area contributed by atoms with Crippen molar-refractivity contribution in [1.29, 1.82) is 0 Å². The Kier molecular flexibility index (Phi) is 4.57. The molecular weight excluding hydrogens is 266 g/mol. The fourth-order valence-electron chi connectivity index (χ4n) is 1.70. The van der Waals surface area contributed by atoms with Gasteiger partial charge in [-0.2, -0.15) is 0 Å². The maximum absolute atomic E-state index is 11.7. The number of hydrogen-bond acceptors (Lipinski definition) is 4. The lowest BCUT2D eigenvalue weighted by Gasteiger charge is -2.17. The summed E-state index contributed by atoms with van der Waals surface area (Å²) >= 11 is 0. The first-order valence-corrected chi connectivity index (χ1v) is 6.94. The first kappa shape index (κ1) is 15.0. The quantitative estimate of drug-likeness (QED) is 0.823. The zero-order chi connectivity index (χ0) is 15.3. The third-order valence-electron chi connectivity index (χ3n) is 2.92. The summed E-state index contributed by atoms with van der Waals surface area (Å²) < 4.78 is 1.91. The molecular formula is C15H21N5O. The summed E-state index contributed by atoms with van der Waals surface area (Å²) in [6.07, 6.45) is 5.37. The lowest BCUT2D eigenvalue weighted by molar-refractivity contribution is -0.128. The Hall–Kier alpha value is -2.37. The standard InChI is InChI=1S/C15H21N5O/c1-15(2,3)14(21)17-7-6-16-12-10-13(19-11-18-12)20-8-4-5-9-20/h4-5,8-11H,6-7H2,1-3H3,(H,17,21)(H,16,18,19). The average Bonchev–Trinajstić information content (AvgIpc) is 2.97. The molecule has 21 heavy (non-hydrogen) atoms. The van der Waals surface area contributed by atoms with E-state index in [4.69, 9.17) is 0 Å². The molecule has 6 nitrogen and oxygen atoms in total. The van der Waals surface area contributed by atoms with Crippen LogP contribution in [0.5, 0.6) is 0 Å². The van der Waals surface area contributed by atoms with Crippen LogP contribution >= 0.6 is 0 Å². The van der Waals surface area contributed by atoms with E-state index in [1.807, 2.05) is 55.9 Å². The molecule has 0 unspecified atom stereocenters. The molecule has 2 aromatic rings. The molecule has 0 radical (unpaired) electrons. The van der Waals surface area contributed by atoms with Gasteiger partial charge in [-0.05, 0) is 12.1 Å². The zero-order valence-corrected chi connectivity index (χ0v) is 12.6. The molecule has 0 aliphatic carbocycles. The van der Waals surface area contributed by atoms with Gasteiger partial charge in [0.15, 0.2) is 0 Å². The van der Waals surface area contributed by atoms with E-state index in [1.54, 1.807) is 0 Å². The fourth-order valence-corrected chi connectivity index (χ4v) is 1.70. The van der Waals surface area contributed by atoms with Gasteiger partial charge >= 0.3 is 0 Å². The highest BCUT2D eigenvalue weighted by atomic mass is 16.2. The summed E-state index contributed by atoms with van der Waals surface area (Å²) in [6, 6.07) is 5.75. The van der Waals surface area contributed by atoms with Crippen LogP contribution in [-0.4, -0.2) is 33.5 Å². The van der Waals surface area contributed by atoms with E-state index in [-0.39, 0.29) is 11.3 Å². The van der Waals surface area contributed by atoms with Crippen LogP contribution in [0.15, 0.2) is 36.9 Å². The van der Waals surface area contributed by atoms with E-state index in [2.05, 4.69) is 20.6 Å². The highest BCUT2D eigenvalue weighted by Gasteiger charge is 2.20. The lowest BCUT2D eigenvalue weighted by Crippen LogP contribution is -2.37. The highest BCUT2D eigenvalue weighted by Crippen LogP contribution is 2.12. The predicted octanol–water partition coefficient (Wildman–Crippen LogP) is 1.84. The van der Waals surface area contributed by atoms with Crippen molar-refractivity contribution in [2.75, 3.05) is 18.4 Å². The zero-order valence-electron chi connectivity index (χ0n) is 12.6. The Morgan fingerprint density at radius 2 is 1.90 bits per heavy atom. The summed E-state index contributed by atoms with van der Waals surface area (Å²) in [5, 5.41) is 6.06. The molecule has 112 valence electrons. The maximum Gasteiger partial charge on any atom is 0.225 e. The lowest BCUT2D eigenvalue weighted by atomic mass is 9.96. The molecule has 0 atom stereocenters. The van der Waals surface area contributed by atoms with Crippen LogP contribution in [0.3, 0.4) is 0 Å². The van der Waals surface area contributed by atoms with Gasteiger partial charge in [-0.3, -0.25) is 4.79 Å². The summed E-state index contributed by atoms with van der Waals surface area (Å²) in [5.41, 5.74) is -0.365. The number of nitrogens with one attached hydrogen (secondary N) is 2. The Labute approximate surface area is 124 Å². The van der Waals surface area contributed by atoms with Crippen molar-refractivity contribution in [3.05, 3.63) is 36.9 Å². The van der Waals surface area contributed by atoms with Crippen LogP contribution < -0.4 is 10.6 Å². The number of aromatic nitrogens is 3. The molecule has 0 saturated carbocycles. The Morgan fingerprint density at radius 1 is 1.19 bits per heavy atom. The van der Waals surface area contributed by atoms with Gasteiger partial charge in [-0.25, -0.2) is 9.97 Å². The normalized spacial score (nSPS) is 11.2. The van der Waals surface area contributed by atoms with Gasteiger partial charge in [0.2, 0.25) is 5.91 Å². The largest absolute Gasteiger partial charge is 0.368 e. The number of amides is 1. The summed E-state index contributed by atoms with van der Waals surface area (Å²) in [6.45, 7) is 6.85. The van der Waals surface area contributed by atoms with Crippen molar-refractivity contribution in [2.45, 2.75) is 20.8 Å². The third-order valence-corrected chi connectivity index (χ3v) is 2.92. The van der Waals surface area contributed by atoms with Crippen molar-refractivity contribution < 1.29 is 4.79 Å². The number of rotatable bonds is 5. The minimum atomic E-state index is -0.365. The third kappa shape index (κ3) is 4.30. The van der Waals surface area contributed by atoms with Crippen molar-refractivity contribution in [3.8, 4) is 5.82 Å². The molecule has 0 saturated heterocycles. The smallest absolute Gasteiger partial charge is 0.225 e. The molecule has 2 heterocycles. The minimum Gasteiger partial charge on any atom is -0.368 e. The molecule has 2 rings (SSSR count). The van der Waals surface area contributed by atoms with Crippen LogP contribution in [0.2, 0.25) is 0 Å². The van der Waals surface area contributed by atoms with Gasteiger partial charge in [-0.15, -0.1) is 0 Å². The van der Waals surface area contributed by atoms with E-state index in [0.29, 0.717) is 13.1 Å². The van der Waals surface area contributed by atoms with Crippen molar-refractivity contribution in [1.82, 2.24) is 19.9 Å². The predicted molar refractivity (Wildman–Crippen MR) is 82.3 cm³/mol. The van der Waals surface area contributed by atoms with Crippen LogP contribution in [0.4, 0.5) is 5.82 Å². The van der Waals surface area contributed by atoms with Crippen LogP contribution in [0, 0.1) is 5.41 Å². The Morgan fingerprint density at radius 3 is 2.57 bits per heavy atom. The topological polar surface area (TPSA) is 71.8 Å². The molecule has 0 fully saturated rings. The molecule has 0 aromatic carbocycles. The van der Waals surface area contributed by atoms with Gasteiger partial charge in [0.1, 0.15) is 18.0 Å². The number of carbonyl (C=O) groups excluding carboxylic acids is 1. The maximum atomic E-state index is 11.7. The van der Waals surface area contributed by atoms with E-state index in [0.717, 1.165) is 11.6 Å². The van der Waals surface area contributed by atoms with Crippen molar-refractivity contribution >= 4 is 11.7 Å². The number of anilines is 1. The number of nitrogens with zero attached hydrogens (tertiary/aromatic N) is 3. The molecule has 1 amide bonds. The minimum absolute atomic E-state index is 0.0417. The monoisotopic (exact) mass is 287 g/mol. The van der Waals surface area contributed by atoms with Gasteiger partial charge in [0, 0.05) is 37.0 Å². The summed E-state index contributed by atoms with van der Waals surface area (Å²) in [4.78, 5) is 20.1. The average molecular weight is 287 g/mol. The van der Waals surface area contributed by atoms with Gasteiger partial charge in [0.25, 0.3) is 0 Å².